The first-order valence-corrected chi connectivity index (χ1v) is 8.25. The molecular weight excluding hydrogens is 316 g/mol. The number of carbonyl (C=O) groups is 1. The van der Waals surface area contributed by atoms with E-state index in [9.17, 15) is 4.79 Å². The van der Waals surface area contributed by atoms with E-state index in [1.54, 1.807) is 11.3 Å². The lowest BCUT2D eigenvalue weighted by Gasteiger charge is -2.09. The van der Waals surface area contributed by atoms with Gasteiger partial charge in [0.05, 0.1) is 4.88 Å². The average molecular weight is 337 g/mol. The summed E-state index contributed by atoms with van der Waals surface area (Å²) in [6.07, 6.45) is 4.74. The summed E-state index contributed by atoms with van der Waals surface area (Å²) in [7, 11) is 1.91. The van der Waals surface area contributed by atoms with Gasteiger partial charge in [0.1, 0.15) is 0 Å². The van der Waals surface area contributed by atoms with Crippen molar-refractivity contribution >= 4 is 35.3 Å². The van der Waals surface area contributed by atoms with E-state index in [-0.39, 0.29) is 18.3 Å². The molecule has 22 heavy (non-hydrogen) atoms. The van der Waals surface area contributed by atoms with Crippen LogP contribution < -0.4 is 10.6 Å². The summed E-state index contributed by atoms with van der Waals surface area (Å²) < 4.78 is 0. The summed E-state index contributed by atoms with van der Waals surface area (Å²) in [4.78, 5) is 14.7. The highest BCUT2D eigenvalue weighted by atomic mass is 35.5. The highest BCUT2D eigenvalue weighted by Crippen LogP contribution is 2.30. The number of thiophene rings is 1. The number of para-hydroxylation sites is 1. The van der Waals surface area contributed by atoms with Crippen LogP contribution in [-0.2, 0) is 19.4 Å². The van der Waals surface area contributed by atoms with Crippen LogP contribution in [0.5, 0.6) is 0 Å². The Labute approximate surface area is 141 Å². The van der Waals surface area contributed by atoms with E-state index in [1.807, 2.05) is 31.3 Å². The molecule has 0 radical (unpaired) electrons. The molecule has 0 saturated heterocycles. The molecule has 0 saturated carbocycles. The number of amides is 1. The molecule has 1 aromatic carbocycles. The van der Waals surface area contributed by atoms with Gasteiger partial charge in [-0.05, 0) is 56.0 Å². The summed E-state index contributed by atoms with van der Waals surface area (Å²) in [5, 5.41) is 6.18. The van der Waals surface area contributed by atoms with E-state index < -0.39 is 0 Å². The van der Waals surface area contributed by atoms with Gasteiger partial charge < -0.3 is 10.6 Å². The Morgan fingerprint density at radius 1 is 1.23 bits per heavy atom. The fourth-order valence-electron chi connectivity index (χ4n) is 2.77. The summed E-state index contributed by atoms with van der Waals surface area (Å²) in [5.74, 6) is 0.0120. The molecule has 1 amide bonds. The van der Waals surface area contributed by atoms with Crippen LogP contribution in [0.15, 0.2) is 30.3 Å². The van der Waals surface area contributed by atoms with Crippen LogP contribution in [0, 0.1) is 0 Å². The van der Waals surface area contributed by atoms with Crippen molar-refractivity contribution in [3.8, 4) is 0 Å². The van der Waals surface area contributed by atoms with Gasteiger partial charge in [-0.25, -0.2) is 0 Å². The zero-order valence-electron chi connectivity index (χ0n) is 12.6. The number of benzene rings is 1. The van der Waals surface area contributed by atoms with Gasteiger partial charge in [-0.15, -0.1) is 23.7 Å². The molecule has 5 heteroatoms. The Balaban J connectivity index is 0.00000176. The van der Waals surface area contributed by atoms with E-state index in [1.165, 1.54) is 23.3 Å². The predicted octanol–water partition coefficient (Wildman–Crippen LogP) is 4.02. The van der Waals surface area contributed by atoms with E-state index >= 15 is 0 Å². The van der Waals surface area contributed by atoms with E-state index in [0.29, 0.717) is 0 Å². The molecule has 0 atom stereocenters. The van der Waals surface area contributed by atoms with Crippen molar-refractivity contribution in [2.75, 3.05) is 12.4 Å². The number of nitrogens with one attached hydrogen (secondary N) is 2. The first-order valence-electron chi connectivity index (χ1n) is 7.43. The lowest BCUT2D eigenvalue weighted by Crippen LogP contribution is -2.14. The van der Waals surface area contributed by atoms with Crippen molar-refractivity contribution in [2.45, 2.75) is 32.2 Å². The molecule has 0 spiro atoms. The van der Waals surface area contributed by atoms with E-state index in [4.69, 9.17) is 0 Å². The minimum Gasteiger partial charge on any atom is -0.321 e. The van der Waals surface area contributed by atoms with Crippen molar-refractivity contribution in [2.24, 2.45) is 0 Å². The molecule has 3 rings (SSSR count). The topological polar surface area (TPSA) is 41.1 Å². The van der Waals surface area contributed by atoms with Crippen molar-refractivity contribution in [3.63, 3.8) is 0 Å². The van der Waals surface area contributed by atoms with Gasteiger partial charge in [-0.3, -0.25) is 4.79 Å². The van der Waals surface area contributed by atoms with Crippen molar-refractivity contribution in [1.82, 2.24) is 5.32 Å². The third-order valence-electron chi connectivity index (χ3n) is 3.85. The lowest BCUT2D eigenvalue weighted by molar-refractivity contribution is 0.103. The summed E-state index contributed by atoms with van der Waals surface area (Å²) in [6.45, 7) is 0.747. The maximum absolute atomic E-state index is 12.5. The summed E-state index contributed by atoms with van der Waals surface area (Å²) >= 11 is 1.65. The Hall–Kier alpha value is -1.36. The normalized spacial score (nSPS) is 13.1. The average Bonchev–Trinajstić information content (AvgIpc) is 2.93. The molecule has 1 aliphatic rings. The third kappa shape index (κ3) is 3.69. The highest BCUT2D eigenvalue weighted by Gasteiger charge is 2.17. The van der Waals surface area contributed by atoms with Gasteiger partial charge in [0, 0.05) is 17.1 Å². The third-order valence-corrected chi connectivity index (χ3v) is 5.09. The van der Waals surface area contributed by atoms with E-state index in [2.05, 4.69) is 16.7 Å². The van der Waals surface area contributed by atoms with Crippen LogP contribution in [0.1, 0.15) is 38.5 Å². The Morgan fingerprint density at radius 2 is 2.00 bits per heavy atom. The van der Waals surface area contributed by atoms with Crippen LogP contribution >= 0.6 is 23.7 Å². The standard InChI is InChI=1S/C17H20N2OS.ClH/c1-18-11-13-7-2-4-8-14(13)19-17(20)16-10-12-6-3-5-9-15(12)21-16;/h2,4,7-8,10,18H,3,5-6,9,11H2,1H3,(H,19,20);1H. The number of fused-ring (bicyclic) bond motifs is 1. The first-order chi connectivity index (χ1) is 10.3. The number of carbonyl (C=O) groups excluding carboxylic acids is 1. The Morgan fingerprint density at radius 3 is 2.77 bits per heavy atom. The van der Waals surface area contributed by atoms with Gasteiger partial charge in [-0.2, -0.15) is 0 Å². The second-order valence-electron chi connectivity index (χ2n) is 5.41. The fraction of sp³-hybridized carbons (Fsp3) is 0.353. The Bertz CT molecular complexity index is 630. The Kier molecular flexibility index (Phi) is 6.00. The molecule has 0 unspecified atom stereocenters. The number of rotatable bonds is 4. The lowest BCUT2D eigenvalue weighted by atomic mass is 9.99. The second kappa shape index (κ2) is 7.77. The van der Waals surface area contributed by atoms with Crippen LogP contribution in [-0.4, -0.2) is 13.0 Å². The number of anilines is 1. The molecule has 118 valence electrons. The molecule has 1 aromatic heterocycles. The maximum atomic E-state index is 12.5. The quantitative estimate of drug-likeness (QED) is 0.885. The summed E-state index contributed by atoms with van der Waals surface area (Å²) in [5.41, 5.74) is 3.37. The fourth-order valence-corrected chi connectivity index (χ4v) is 3.92. The van der Waals surface area contributed by atoms with Gasteiger partial charge >= 0.3 is 0 Å². The van der Waals surface area contributed by atoms with E-state index in [0.717, 1.165) is 35.5 Å². The molecule has 0 fully saturated rings. The van der Waals surface area contributed by atoms with Crippen molar-refractivity contribution in [3.05, 3.63) is 51.2 Å². The van der Waals surface area contributed by atoms with Crippen LogP contribution in [0.4, 0.5) is 5.69 Å². The predicted molar refractivity (Wildman–Crippen MR) is 95.4 cm³/mol. The van der Waals surface area contributed by atoms with Crippen molar-refractivity contribution < 1.29 is 4.79 Å². The second-order valence-corrected chi connectivity index (χ2v) is 6.54. The van der Waals surface area contributed by atoms with Crippen LogP contribution in [0.2, 0.25) is 0 Å². The number of halogens is 1. The molecule has 1 aliphatic carbocycles. The zero-order valence-corrected chi connectivity index (χ0v) is 14.3. The van der Waals surface area contributed by atoms with Gasteiger partial charge in [0.15, 0.2) is 0 Å². The molecule has 0 aliphatic heterocycles. The van der Waals surface area contributed by atoms with Crippen LogP contribution in [0.3, 0.4) is 0 Å². The van der Waals surface area contributed by atoms with Gasteiger partial charge in [0.2, 0.25) is 0 Å². The molecular formula is C17H21ClN2OS. The SMILES string of the molecule is CNCc1ccccc1NC(=O)c1cc2c(s1)CCCC2.Cl. The molecule has 1 heterocycles. The minimum atomic E-state index is 0. The highest BCUT2D eigenvalue weighted by molar-refractivity contribution is 7.14. The number of hydrogen-bond acceptors (Lipinski definition) is 3. The first kappa shape index (κ1) is 17.0. The number of aryl methyl sites for hydroxylation is 2. The molecule has 2 N–H and O–H groups in total. The molecule has 0 bridgehead atoms. The smallest absolute Gasteiger partial charge is 0.265 e. The largest absolute Gasteiger partial charge is 0.321 e. The van der Waals surface area contributed by atoms with Gasteiger partial charge in [-0.1, -0.05) is 18.2 Å². The van der Waals surface area contributed by atoms with Crippen molar-refractivity contribution in [1.29, 1.82) is 0 Å². The zero-order chi connectivity index (χ0) is 14.7. The van der Waals surface area contributed by atoms with Gasteiger partial charge in [0.25, 0.3) is 5.91 Å². The molecule has 3 nitrogen and oxygen atoms in total. The maximum Gasteiger partial charge on any atom is 0.265 e. The minimum absolute atomic E-state index is 0. The molecule has 2 aromatic rings. The summed E-state index contributed by atoms with van der Waals surface area (Å²) in [6, 6.07) is 10.0. The van der Waals surface area contributed by atoms with Crippen LogP contribution in [0.25, 0.3) is 0 Å². The monoisotopic (exact) mass is 336 g/mol. The number of hydrogen-bond donors (Lipinski definition) is 2.